The minimum Gasteiger partial charge on any atom is -0.530 e. The van der Waals surface area contributed by atoms with E-state index in [0.29, 0.717) is 5.69 Å². The number of nitrogens with one attached hydrogen (secondary N) is 1. The first-order valence-corrected chi connectivity index (χ1v) is 6.51. The summed E-state index contributed by atoms with van der Waals surface area (Å²) < 4.78 is 6.71. The number of carbonyl (C=O) groups excluding carboxylic acids is 1. The fourth-order valence-corrected chi connectivity index (χ4v) is 2.88. The van der Waals surface area contributed by atoms with Gasteiger partial charge in [-0.15, -0.1) is 0 Å². The smallest absolute Gasteiger partial charge is 0.138 e. The summed E-state index contributed by atoms with van der Waals surface area (Å²) in [6.45, 7) is 7.77. The lowest BCUT2D eigenvalue weighted by Gasteiger charge is -2.19. The highest BCUT2D eigenvalue weighted by atomic mass is 79.9. The summed E-state index contributed by atoms with van der Waals surface area (Å²) in [5.41, 5.74) is 3.08. The zero-order valence-corrected chi connectivity index (χ0v) is 12.4. The molecule has 1 aliphatic rings. The first-order valence-electron chi connectivity index (χ1n) is 5.71. The molecule has 0 bridgehead atoms. The normalized spacial score (nSPS) is 16.1. The van der Waals surface area contributed by atoms with Crippen molar-refractivity contribution in [2.24, 2.45) is 0 Å². The predicted molar refractivity (Wildman–Crippen MR) is 71.0 cm³/mol. The Morgan fingerprint density at radius 3 is 2.56 bits per heavy atom. The maximum absolute atomic E-state index is 10.7. The van der Waals surface area contributed by atoms with E-state index in [1.165, 1.54) is 0 Å². The highest BCUT2D eigenvalue weighted by Gasteiger charge is 2.34. The van der Waals surface area contributed by atoms with Crippen molar-refractivity contribution in [1.29, 1.82) is 0 Å². The van der Waals surface area contributed by atoms with Crippen LogP contribution in [0.2, 0.25) is 0 Å². The van der Waals surface area contributed by atoms with Gasteiger partial charge < -0.3 is 20.0 Å². The molecule has 5 heteroatoms. The first kappa shape index (κ1) is 13.2. The van der Waals surface area contributed by atoms with E-state index >= 15 is 0 Å². The molecule has 1 amide bonds. The Bertz CT molecular complexity index is 538. The Balaban J connectivity index is 2.62. The van der Waals surface area contributed by atoms with Crippen LogP contribution in [0.15, 0.2) is 4.47 Å². The Kier molecular flexibility index (Phi) is 3.05. The fraction of sp³-hybridized carbons (Fsp3) is 0.462. The molecule has 0 saturated heterocycles. The summed E-state index contributed by atoms with van der Waals surface area (Å²) in [6.07, 6.45) is -0.541. The average molecular weight is 313 g/mol. The lowest BCUT2D eigenvalue weighted by atomic mass is 9.95. The monoisotopic (exact) mass is 312 g/mol. The molecule has 1 heterocycles. The lowest BCUT2D eigenvalue weighted by molar-refractivity contribution is -0.242. The average Bonchev–Trinajstić information content (AvgIpc) is 2.58. The van der Waals surface area contributed by atoms with Crippen LogP contribution in [0.5, 0.6) is 5.75 Å². The number of fused-ring (bicyclic) bond motifs is 1. The molecule has 0 aliphatic carbocycles. The molecule has 0 fully saturated rings. The molecule has 4 nitrogen and oxygen atoms in total. The van der Waals surface area contributed by atoms with Crippen LogP contribution in [0.25, 0.3) is 0 Å². The lowest BCUT2D eigenvalue weighted by Crippen LogP contribution is -2.29. The van der Waals surface area contributed by atoms with E-state index in [2.05, 4.69) is 21.2 Å². The Labute approximate surface area is 114 Å². The van der Waals surface area contributed by atoms with Crippen molar-refractivity contribution in [1.82, 2.24) is 0 Å². The molecule has 1 aliphatic heterocycles. The molecule has 0 spiro atoms. The van der Waals surface area contributed by atoms with Crippen LogP contribution in [-0.4, -0.2) is 11.7 Å². The topological polar surface area (TPSA) is 61.4 Å². The van der Waals surface area contributed by atoms with Gasteiger partial charge in [-0.1, -0.05) is 0 Å². The summed E-state index contributed by atoms with van der Waals surface area (Å²) in [6, 6.07) is 0. The van der Waals surface area contributed by atoms with Crippen LogP contribution >= 0.6 is 15.9 Å². The second-order valence-electron chi connectivity index (χ2n) is 5.20. The molecule has 98 valence electrons. The number of hydrogen-bond donors (Lipinski definition) is 1. The molecule has 18 heavy (non-hydrogen) atoms. The highest BCUT2D eigenvalue weighted by molar-refractivity contribution is 9.10. The van der Waals surface area contributed by atoms with Crippen molar-refractivity contribution in [3.05, 3.63) is 21.2 Å². The van der Waals surface area contributed by atoms with Crippen LogP contribution in [0.1, 0.15) is 30.5 Å². The molecular formula is C13H15BrNO3-. The minimum atomic E-state index is -1.30. The molecule has 2 rings (SSSR count). The number of benzene rings is 1. The van der Waals surface area contributed by atoms with Gasteiger partial charge in [0.05, 0.1) is 4.47 Å². The third-order valence-electron chi connectivity index (χ3n) is 3.21. The quantitative estimate of drug-likeness (QED) is 0.866. The maximum atomic E-state index is 10.7. The van der Waals surface area contributed by atoms with E-state index in [4.69, 9.17) is 4.74 Å². The number of halogens is 1. The van der Waals surface area contributed by atoms with Gasteiger partial charge in [0.25, 0.3) is 0 Å². The number of hydrogen-bond acceptors (Lipinski definition) is 3. The number of rotatable bonds is 1. The Morgan fingerprint density at radius 1 is 1.39 bits per heavy atom. The number of carbonyl (C=O) groups is 1. The van der Waals surface area contributed by atoms with Crippen molar-refractivity contribution in [2.75, 3.05) is 5.32 Å². The van der Waals surface area contributed by atoms with E-state index < -0.39 is 6.09 Å². The zero-order valence-electron chi connectivity index (χ0n) is 10.8. The van der Waals surface area contributed by atoms with E-state index in [9.17, 15) is 9.90 Å². The van der Waals surface area contributed by atoms with E-state index in [0.717, 1.165) is 33.3 Å². The fourth-order valence-electron chi connectivity index (χ4n) is 2.36. The van der Waals surface area contributed by atoms with Crippen molar-refractivity contribution in [2.45, 2.75) is 39.7 Å². The second kappa shape index (κ2) is 4.16. The van der Waals surface area contributed by atoms with Gasteiger partial charge in [-0.3, -0.25) is 0 Å². The third kappa shape index (κ3) is 2.07. The van der Waals surface area contributed by atoms with Gasteiger partial charge in [0, 0.05) is 17.7 Å². The highest BCUT2D eigenvalue weighted by Crippen LogP contribution is 2.47. The van der Waals surface area contributed by atoms with Crippen LogP contribution in [-0.2, 0) is 6.42 Å². The molecule has 0 atom stereocenters. The van der Waals surface area contributed by atoms with Crippen LogP contribution in [0.3, 0.4) is 0 Å². The summed E-state index contributed by atoms with van der Waals surface area (Å²) in [7, 11) is 0. The molecule has 1 aromatic rings. The summed E-state index contributed by atoms with van der Waals surface area (Å²) >= 11 is 3.48. The van der Waals surface area contributed by atoms with Crippen LogP contribution < -0.4 is 15.2 Å². The SMILES string of the molecule is Cc1c(Br)c2c(c(C)c1NC(=O)[O-])CC(C)(C)O2. The summed E-state index contributed by atoms with van der Waals surface area (Å²) in [5.74, 6) is 0.818. The van der Waals surface area contributed by atoms with Gasteiger partial charge in [0.15, 0.2) is 0 Å². The van der Waals surface area contributed by atoms with Crippen molar-refractivity contribution >= 4 is 27.7 Å². The van der Waals surface area contributed by atoms with Gasteiger partial charge in [-0.2, -0.15) is 0 Å². The van der Waals surface area contributed by atoms with E-state index in [-0.39, 0.29) is 5.60 Å². The van der Waals surface area contributed by atoms with Gasteiger partial charge in [-0.05, 0) is 54.8 Å². The van der Waals surface area contributed by atoms with Gasteiger partial charge in [-0.25, -0.2) is 0 Å². The molecule has 0 saturated carbocycles. The standard InChI is InChI=1S/C13H16BrNO3/c1-6-8-5-13(3,4)18-11(8)9(14)7(2)10(6)15-12(16)17/h15H,5H2,1-4H3,(H,16,17)/p-1. The van der Waals surface area contributed by atoms with Crippen LogP contribution in [0, 0.1) is 13.8 Å². The summed E-state index contributed by atoms with van der Waals surface area (Å²) in [5, 5.41) is 13.1. The second-order valence-corrected chi connectivity index (χ2v) is 5.99. The third-order valence-corrected chi connectivity index (χ3v) is 4.17. The molecule has 1 aromatic carbocycles. The van der Waals surface area contributed by atoms with E-state index in [1.54, 1.807) is 0 Å². The molecular weight excluding hydrogens is 298 g/mol. The van der Waals surface area contributed by atoms with E-state index in [1.807, 2.05) is 27.7 Å². The number of anilines is 1. The molecule has 1 N–H and O–H groups in total. The van der Waals surface area contributed by atoms with Crippen LogP contribution in [0.4, 0.5) is 10.5 Å². The van der Waals surface area contributed by atoms with Crippen molar-refractivity contribution < 1.29 is 14.6 Å². The predicted octanol–water partition coefficient (Wildman–Crippen LogP) is 2.53. The molecule has 0 aromatic heterocycles. The number of carboxylic acid groups (broad SMARTS) is 1. The number of amides is 1. The van der Waals surface area contributed by atoms with Gasteiger partial charge in [0.1, 0.15) is 17.4 Å². The first-order chi connectivity index (χ1) is 8.23. The van der Waals surface area contributed by atoms with Gasteiger partial charge >= 0.3 is 0 Å². The largest absolute Gasteiger partial charge is 0.530 e. The Hall–Kier alpha value is -1.23. The maximum Gasteiger partial charge on any atom is 0.138 e. The minimum absolute atomic E-state index is 0.262. The summed E-state index contributed by atoms with van der Waals surface area (Å²) in [4.78, 5) is 10.7. The van der Waals surface area contributed by atoms with Crippen molar-refractivity contribution in [3.8, 4) is 5.75 Å². The molecule has 0 radical (unpaired) electrons. The zero-order chi connectivity index (χ0) is 13.7. The molecule has 0 unspecified atom stereocenters. The van der Waals surface area contributed by atoms with Gasteiger partial charge in [0.2, 0.25) is 0 Å². The Morgan fingerprint density at radius 2 is 2.00 bits per heavy atom. The van der Waals surface area contributed by atoms with Crippen molar-refractivity contribution in [3.63, 3.8) is 0 Å². The number of ether oxygens (including phenoxy) is 1.